The van der Waals surface area contributed by atoms with E-state index in [9.17, 15) is 0 Å². The molecule has 1 heterocycles. The van der Waals surface area contributed by atoms with E-state index in [0.29, 0.717) is 12.6 Å². The van der Waals surface area contributed by atoms with Crippen molar-refractivity contribution in [1.82, 2.24) is 4.90 Å². The molecule has 1 aliphatic carbocycles. The van der Waals surface area contributed by atoms with Crippen molar-refractivity contribution in [3.63, 3.8) is 0 Å². The SMILES string of the molecule is COC(CC(CN)N1CCCC2CCCCC21)OC. The first-order chi connectivity index (χ1) is 9.30. The summed E-state index contributed by atoms with van der Waals surface area (Å²) in [6.45, 7) is 1.90. The van der Waals surface area contributed by atoms with Gasteiger partial charge in [0.15, 0.2) is 6.29 Å². The molecule has 0 amide bonds. The first-order valence-corrected chi connectivity index (χ1v) is 7.81. The zero-order valence-electron chi connectivity index (χ0n) is 12.5. The zero-order chi connectivity index (χ0) is 13.7. The van der Waals surface area contributed by atoms with Crippen LogP contribution in [0.4, 0.5) is 0 Å². The minimum Gasteiger partial charge on any atom is -0.356 e. The lowest BCUT2D eigenvalue weighted by Crippen LogP contribution is -2.54. The van der Waals surface area contributed by atoms with Crippen molar-refractivity contribution in [2.24, 2.45) is 11.7 Å². The molecular weight excluding hydrogens is 240 g/mol. The van der Waals surface area contributed by atoms with Crippen LogP contribution < -0.4 is 5.73 Å². The van der Waals surface area contributed by atoms with E-state index in [4.69, 9.17) is 15.2 Å². The molecule has 4 heteroatoms. The van der Waals surface area contributed by atoms with Gasteiger partial charge >= 0.3 is 0 Å². The van der Waals surface area contributed by atoms with Crippen molar-refractivity contribution in [2.75, 3.05) is 27.3 Å². The quantitative estimate of drug-likeness (QED) is 0.750. The summed E-state index contributed by atoms with van der Waals surface area (Å²) in [5.41, 5.74) is 6.03. The van der Waals surface area contributed by atoms with E-state index in [1.165, 1.54) is 45.1 Å². The molecule has 0 aromatic rings. The topological polar surface area (TPSA) is 47.7 Å². The van der Waals surface area contributed by atoms with Crippen molar-refractivity contribution in [3.8, 4) is 0 Å². The van der Waals surface area contributed by atoms with E-state index in [0.717, 1.165) is 18.4 Å². The smallest absolute Gasteiger partial charge is 0.158 e. The van der Waals surface area contributed by atoms with Gasteiger partial charge in [-0.2, -0.15) is 0 Å². The third-order valence-electron chi connectivity index (χ3n) is 5.02. The monoisotopic (exact) mass is 270 g/mol. The molecule has 2 N–H and O–H groups in total. The number of nitrogens with zero attached hydrogens (tertiary/aromatic N) is 1. The number of hydrogen-bond donors (Lipinski definition) is 1. The van der Waals surface area contributed by atoms with E-state index in [1.54, 1.807) is 14.2 Å². The van der Waals surface area contributed by atoms with Gasteiger partial charge in [0.25, 0.3) is 0 Å². The van der Waals surface area contributed by atoms with E-state index in [-0.39, 0.29) is 6.29 Å². The lowest BCUT2D eigenvalue weighted by Gasteiger charge is -2.48. The van der Waals surface area contributed by atoms with Crippen LogP contribution in [0.3, 0.4) is 0 Å². The maximum atomic E-state index is 6.03. The van der Waals surface area contributed by atoms with Gasteiger partial charge in [0.05, 0.1) is 0 Å². The second kappa shape index (κ2) is 7.58. The molecule has 3 unspecified atom stereocenters. The Morgan fingerprint density at radius 2 is 1.79 bits per heavy atom. The Hall–Kier alpha value is -0.160. The van der Waals surface area contributed by atoms with Crippen molar-refractivity contribution < 1.29 is 9.47 Å². The fraction of sp³-hybridized carbons (Fsp3) is 1.00. The number of methoxy groups -OCH3 is 2. The summed E-state index contributed by atoms with van der Waals surface area (Å²) < 4.78 is 10.7. The molecule has 3 atom stereocenters. The largest absolute Gasteiger partial charge is 0.356 e. The number of piperidine rings is 1. The van der Waals surface area contributed by atoms with Gasteiger partial charge < -0.3 is 15.2 Å². The molecule has 0 radical (unpaired) electrons. The van der Waals surface area contributed by atoms with Gasteiger partial charge in [-0.15, -0.1) is 0 Å². The molecule has 2 fully saturated rings. The molecular formula is C15H30N2O2. The van der Waals surface area contributed by atoms with Crippen LogP contribution in [-0.2, 0) is 9.47 Å². The van der Waals surface area contributed by atoms with Crippen LogP contribution in [0.2, 0.25) is 0 Å². The summed E-state index contributed by atoms with van der Waals surface area (Å²) in [4.78, 5) is 2.67. The van der Waals surface area contributed by atoms with Gasteiger partial charge in [0.1, 0.15) is 0 Å². The summed E-state index contributed by atoms with van der Waals surface area (Å²) in [7, 11) is 3.42. The van der Waals surface area contributed by atoms with E-state index < -0.39 is 0 Å². The highest BCUT2D eigenvalue weighted by Crippen LogP contribution is 2.36. The number of fused-ring (bicyclic) bond motifs is 1. The first-order valence-electron chi connectivity index (χ1n) is 7.81. The van der Waals surface area contributed by atoms with E-state index in [2.05, 4.69) is 4.90 Å². The molecule has 1 aliphatic heterocycles. The number of nitrogens with two attached hydrogens (primary N) is 1. The first kappa shape index (κ1) is 15.2. The Bertz CT molecular complexity index is 257. The van der Waals surface area contributed by atoms with Crippen molar-refractivity contribution in [1.29, 1.82) is 0 Å². The lowest BCUT2D eigenvalue weighted by atomic mass is 9.77. The summed E-state index contributed by atoms with van der Waals surface area (Å²) in [6.07, 6.45) is 9.05. The lowest BCUT2D eigenvalue weighted by molar-refractivity contribution is -0.122. The normalized spacial score (nSPS) is 30.3. The van der Waals surface area contributed by atoms with Crippen LogP contribution in [-0.4, -0.2) is 50.6 Å². The van der Waals surface area contributed by atoms with Gasteiger partial charge in [-0.1, -0.05) is 12.8 Å². The van der Waals surface area contributed by atoms with Crippen LogP contribution in [0.15, 0.2) is 0 Å². The second-order valence-corrected chi connectivity index (χ2v) is 6.02. The molecule has 2 aliphatic rings. The average Bonchev–Trinajstić information content (AvgIpc) is 2.48. The Kier molecular flexibility index (Phi) is 6.07. The van der Waals surface area contributed by atoms with Crippen LogP contribution in [0.5, 0.6) is 0 Å². The Labute approximate surface area is 117 Å². The number of likely N-dealkylation sites (tertiary alicyclic amines) is 1. The Balaban J connectivity index is 1.99. The molecule has 0 aromatic heterocycles. The van der Waals surface area contributed by atoms with Crippen LogP contribution >= 0.6 is 0 Å². The van der Waals surface area contributed by atoms with Crippen molar-refractivity contribution >= 4 is 0 Å². The van der Waals surface area contributed by atoms with Crippen LogP contribution in [0, 0.1) is 5.92 Å². The summed E-state index contributed by atoms with van der Waals surface area (Å²) in [5, 5.41) is 0. The molecule has 19 heavy (non-hydrogen) atoms. The van der Waals surface area contributed by atoms with Crippen LogP contribution in [0.1, 0.15) is 44.9 Å². The number of ether oxygens (including phenoxy) is 2. The minimum absolute atomic E-state index is 0.127. The van der Waals surface area contributed by atoms with E-state index in [1.807, 2.05) is 0 Å². The summed E-state index contributed by atoms with van der Waals surface area (Å²) in [6, 6.07) is 1.15. The molecule has 0 bridgehead atoms. The average molecular weight is 270 g/mol. The summed E-state index contributed by atoms with van der Waals surface area (Å²) >= 11 is 0. The third-order valence-corrected chi connectivity index (χ3v) is 5.02. The van der Waals surface area contributed by atoms with Gasteiger partial charge in [-0.05, 0) is 38.1 Å². The maximum Gasteiger partial charge on any atom is 0.158 e. The summed E-state index contributed by atoms with van der Waals surface area (Å²) in [5.74, 6) is 0.903. The predicted octanol–water partition coefficient (Wildman–Crippen LogP) is 1.98. The number of hydrogen-bond acceptors (Lipinski definition) is 4. The highest BCUT2D eigenvalue weighted by Gasteiger charge is 2.36. The molecule has 112 valence electrons. The standard InChI is InChI=1S/C15H30N2O2/c1-18-15(19-2)10-13(11-16)17-9-5-7-12-6-3-4-8-14(12)17/h12-15H,3-11,16H2,1-2H3. The minimum atomic E-state index is -0.127. The Morgan fingerprint density at radius 1 is 1.11 bits per heavy atom. The second-order valence-electron chi connectivity index (χ2n) is 6.02. The Morgan fingerprint density at radius 3 is 2.47 bits per heavy atom. The van der Waals surface area contributed by atoms with Gasteiger partial charge in [-0.3, -0.25) is 4.90 Å². The zero-order valence-corrected chi connectivity index (χ0v) is 12.5. The third kappa shape index (κ3) is 3.69. The number of rotatable bonds is 6. The highest BCUT2D eigenvalue weighted by atomic mass is 16.7. The van der Waals surface area contributed by atoms with Gasteiger partial charge in [-0.25, -0.2) is 0 Å². The molecule has 4 nitrogen and oxygen atoms in total. The fourth-order valence-electron chi connectivity index (χ4n) is 3.99. The molecule has 2 rings (SSSR count). The van der Waals surface area contributed by atoms with Crippen molar-refractivity contribution in [3.05, 3.63) is 0 Å². The highest BCUT2D eigenvalue weighted by molar-refractivity contribution is 4.91. The van der Waals surface area contributed by atoms with Gasteiger partial charge in [0.2, 0.25) is 0 Å². The molecule has 1 saturated carbocycles. The predicted molar refractivity (Wildman–Crippen MR) is 77.0 cm³/mol. The van der Waals surface area contributed by atoms with Crippen LogP contribution in [0.25, 0.3) is 0 Å². The maximum absolute atomic E-state index is 6.03. The fourth-order valence-corrected chi connectivity index (χ4v) is 3.99. The van der Waals surface area contributed by atoms with Crippen molar-refractivity contribution in [2.45, 2.75) is 63.3 Å². The molecule has 0 spiro atoms. The van der Waals surface area contributed by atoms with Gasteiger partial charge in [0, 0.05) is 39.3 Å². The molecule has 0 aromatic carbocycles. The molecule has 1 saturated heterocycles. The van der Waals surface area contributed by atoms with E-state index >= 15 is 0 Å².